The third kappa shape index (κ3) is 2.90. The van der Waals surface area contributed by atoms with Gasteiger partial charge in [-0.1, -0.05) is 115 Å². The van der Waals surface area contributed by atoms with E-state index in [1.807, 2.05) is 0 Å². The van der Waals surface area contributed by atoms with Crippen LogP contribution in [0.3, 0.4) is 0 Å². The first-order valence-electron chi connectivity index (χ1n) is 9.41. The normalized spacial score (nSPS) is 14.9. The summed E-state index contributed by atoms with van der Waals surface area (Å²) in [5.74, 6) is 0.308. The van der Waals surface area contributed by atoms with Crippen LogP contribution in [0.5, 0.6) is 0 Å². The fourth-order valence-corrected chi connectivity index (χ4v) is 4.09. The average molecular weight is 344 g/mol. The quantitative estimate of drug-likeness (QED) is 0.309. The lowest BCUT2D eigenvalue weighted by Gasteiger charge is -2.14. The minimum atomic E-state index is 0.308. The van der Waals surface area contributed by atoms with Gasteiger partial charge in [-0.15, -0.1) is 0 Å². The molecule has 0 fully saturated rings. The number of benzene rings is 4. The lowest BCUT2D eigenvalue weighted by Crippen LogP contribution is -1.98. The molecular weight excluding hydrogens is 324 g/mol. The van der Waals surface area contributed by atoms with Crippen molar-refractivity contribution >= 4 is 12.2 Å². The first-order valence-corrected chi connectivity index (χ1v) is 9.41. The number of hydrogen-bond donors (Lipinski definition) is 0. The molecule has 0 aliphatic heterocycles. The summed E-state index contributed by atoms with van der Waals surface area (Å²) in [5, 5.41) is 0. The van der Waals surface area contributed by atoms with Gasteiger partial charge in [0.25, 0.3) is 0 Å². The number of rotatable bonds is 3. The topological polar surface area (TPSA) is 0 Å². The van der Waals surface area contributed by atoms with Crippen molar-refractivity contribution in [1.29, 1.82) is 0 Å². The van der Waals surface area contributed by atoms with Gasteiger partial charge in [0.2, 0.25) is 0 Å². The van der Waals surface area contributed by atoms with E-state index in [4.69, 9.17) is 0 Å². The van der Waals surface area contributed by atoms with Crippen LogP contribution in [0.2, 0.25) is 0 Å². The maximum Gasteiger partial charge on any atom is 0.0352 e. The van der Waals surface area contributed by atoms with E-state index < -0.39 is 0 Å². The van der Waals surface area contributed by atoms with Crippen LogP contribution in [0.15, 0.2) is 103 Å². The molecule has 1 unspecified atom stereocenters. The van der Waals surface area contributed by atoms with Gasteiger partial charge in [0, 0.05) is 5.92 Å². The van der Waals surface area contributed by atoms with Crippen LogP contribution in [0, 0.1) is 0 Å². The molecule has 0 spiro atoms. The van der Waals surface area contributed by atoms with Gasteiger partial charge in [0.05, 0.1) is 0 Å². The van der Waals surface area contributed by atoms with Crippen LogP contribution < -0.4 is 0 Å². The second-order valence-electron chi connectivity index (χ2n) is 7.02. The van der Waals surface area contributed by atoms with Crippen LogP contribution in [0.1, 0.15) is 33.7 Å². The summed E-state index contributed by atoms with van der Waals surface area (Å²) in [6, 6.07) is 37.0. The average Bonchev–Trinajstić information content (AvgIpc) is 3.07. The molecule has 0 amide bonds. The van der Waals surface area contributed by atoms with E-state index in [0.717, 1.165) is 0 Å². The highest BCUT2D eigenvalue weighted by Crippen LogP contribution is 2.48. The van der Waals surface area contributed by atoms with Crippen LogP contribution >= 0.6 is 0 Å². The van der Waals surface area contributed by atoms with Crippen LogP contribution in [0.4, 0.5) is 0 Å². The molecule has 0 heterocycles. The first kappa shape index (κ1) is 15.8. The fourth-order valence-electron chi connectivity index (χ4n) is 4.09. The fraction of sp³-hybridized carbons (Fsp3) is 0.0370. The molecule has 0 saturated carbocycles. The van der Waals surface area contributed by atoms with Gasteiger partial charge >= 0.3 is 0 Å². The molecule has 0 radical (unpaired) electrons. The Morgan fingerprint density at radius 3 is 1.93 bits per heavy atom. The molecule has 5 rings (SSSR count). The number of hydrogen-bond acceptors (Lipinski definition) is 0. The highest BCUT2D eigenvalue weighted by molar-refractivity contribution is 5.82. The molecule has 128 valence electrons. The van der Waals surface area contributed by atoms with E-state index in [2.05, 4.69) is 115 Å². The van der Waals surface area contributed by atoms with Crippen LogP contribution in [-0.4, -0.2) is 0 Å². The summed E-state index contributed by atoms with van der Waals surface area (Å²) in [6.45, 7) is 0. The molecular formula is C27H20. The highest BCUT2D eigenvalue weighted by Gasteiger charge is 2.29. The van der Waals surface area contributed by atoms with Gasteiger partial charge in [0.15, 0.2) is 0 Å². The Hall–Kier alpha value is -3.38. The zero-order valence-electron chi connectivity index (χ0n) is 15.0. The Bertz CT molecular complexity index is 1110. The summed E-state index contributed by atoms with van der Waals surface area (Å²) >= 11 is 0. The number of fused-ring (bicyclic) bond motifs is 3. The third-order valence-electron chi connectivity index (χ3n) is 5.35. The van der Waals surface area contributed by atoms with Crippen molar-refractivity contribution in [2.24, 2.45) is 0 Å². The predicted molar refractivity (Wildman–Crippen MR) is 115 cm³/mol. The second kappa shape index (κ2) is 6.74. The van der Waals surface area contributed by atoms with Crippen molar-refractivity contribution in [2.45, 2.75) is 5.92 Å². The van der Waals surface area contributed by atoms with Crippen LogP contribution in [0.25, 0.3) is 23.3 Å². The van der Waals surface area contributed by atoms with E-state index >= 15 is 0 Å². The van der Waals surface area contributed by atoms with E-state index in [0.29, 0.717) is 5.92 Å². The molecule has 0 nitrogen and oxygen atoms in total. The zero-order chi connectivity index (χ0) is 18.1. The van der Waals surface area contributed by atoms with Crippen molar-refractivity contribution in [3.05, 3.63) is 131 Å². The smallest absolute Gasteiger partial charge is 0.0352 e. The standard InChI is InChI=1S/C27H20/c1-3-9-20(10-4-1)15-16-21-17-18-24-23-13-7-8-14-25(23)27(26(24)19-21)22-11-5-2-6-12-22/h1-19,27H/b16-15+. The van der Waals surface area contributed by atoms with Crippen molar-refractivity contribution in [3.63, 3.8) is 0 Å². The summed E-state index contributed by atoms with van der Waals surface area (Å²) in [6.07, 6.45) is 4.39. The second-order valence-corrected chi connectivity index (χ2v) is 7.02. The van der Waals surface area contributed by atoms with E-state index in [1.54, 1.807) is 0 Å². The molecule has 0 N–H and O–H groups in total. The Labute approximate surface area is 160 Å². The highest BCUT2D eigenvalue weighted by atomic mass is 14.3. The van der Waals surface area contributed by atoms with Gasteiger partial charge < -0.3 is 0 Å². The minimum absolute atomic E-state index is 0.308. The first-order chi connectivity index (χ1) is 13.4. The maximum atomic E-state index is 2.35. The molecule has 1 atom stereocenters. The molecule has 0 aromatic heterocycles. The Kier molecular flexibility index (Phi) is 3.95. The Morgan fingerprint density at radius 2 is 1.11 bits per heavy atom. The summed E-state index contributed by atoms with van der Waals surface area (Å²) < 4.78 is 0. The summed E-state index contributed by atoms with van der Waals surface area (Å²) in [5.41, 5.74) is 9.34. The van der Waals surface area contributed by atoms with Crippen molar-refractivity contribution in [3.8, 4) is 11.1 Å². The lowest BCUT2D eigenvalue weighted by molar-refractivity contribution is 1.01. The van der Waals surface area contributed by atoms with E-state index in [-0.39, 0.29) is 0 Å². The molecule has 1 aliphatic carbocycles. The largest absolute Gasteiger partial charge is 0.0622 e. The van der Waals surface area contributed by atoms with Gasteiger partial charge in [-0.05, 0) is 38.9 Å². The Morgan fingerprint density at radius 1 is 0.481 bits per heavy atom. The van der Waals surface area contributed by atoms with Gasteiger partial charge in [-0.3, -0.25) is 0 Å². The molecule has 27 heavy (non-hydrogen) atoms. The summed E-state index contributed by atoms with van der Waals surface area (Å²) in [7, 11) is 0. The van der Waals surface area contributed by atoms with Crippen molar-refractivity contribution in [2.75, 3.05) is 0 Å². The monoisotopic (exact) mass is 344 g/mol. The lowest BCUT2D eigenvalue weighted by atomic mass is 9.89. The molecule has 0 heteroatoms. The van der Waals surface area contributed by atoms with Crippen molar-refractivity contribution in [1.82, 2.24) is 0 Å². The summed E-state index contributed by atoms with van der Waals surface area (Å²) in [4.78, 5) is 0. The third-order valence-corrected chi connectivity index (χ3v) is 5.35. The molecule has 0 bridgehead atoms. The van der Waals surface area contributed by atoms with E-state index in [9.17, 15) is 0 Å². The van der Waals surface area contributed by atoms with E-state index in [1.165, 1.54) is 38.9 Å². The molecule has 4 aromatic rings. The van der Waals surface area contributed by atoms with Crippen molar-refractivity contribution < 1.29 is 0 Å². The molecule has 0 saturated heterocycles. The van der Waals surface area contributed by atoms with Gasteiger partial charge in [-0.2, -0.15) is 0 Å². The molecule has 4 aromatic carbocycles. The predicted octanol–water partition coefficient (Wildman–Crippen LogP) is 7.02. The SMILES string of the molecule is C(=C\c1ccc2c(c1)C(c1ccccc1)c1ccccc1-2)/c1ccccc1. The zero-order valence-corrected chi connectivity index (χ0v) is 15.0. The van der Waals surface area contributed by atoms with Gasteiger partial charge in [0.1, 0.15) is 0 Å². The Balaban J connectivity index is 1.61. The van der Waals surface area contributed by atoms with Crippen LogP contribution in [-0.2, 0) is 0 Å². The maximum absolute atomic E-state index is 2.35. The molecule has 1 aliphatic rings. The van der Waals surface area contributed by atoms with Gasteiger partial charge in [-0.25, -0.2) is 0 Å². The minimum Gasteiger partial charge on any atom is -0.0622 e.